The fourth-order valence-corrected chi connectivity index (χ4v) is 3.36. The number of aromatic nitrogens is 1. The maximum Gasteiger partial charge on any atom is 0.271 e. The lowest BCUT2D eigenvalue weighted by molar-refractivity contribution is 0.103. The van der Waals surface area contributed by atoms with Crippen molar-refractivity contribution in [2.45, 2.75) is 19.9 Å². The van der Waals surface area contributed by atoms with Gasteiger partial charge in [0.2, 0.25) is 5.88 Å². The van der Waals surface area contributed by atoms with Crippen molar-refractivity contribution in [3.8, 4) is 11.9 Å². The molecule has 2 aromatic carbocycles. The number of aromatic hydroxyl groups is 1. The molecule has 32 heavy (non-hydrogen) atoms. The number of hydrogen-bond acceptors (Lipinski definition) is 6. The Morgan fingerprint density at radius 1 is 1.19 bits per heavy atom. The van der Waals surface area contributed by atoms with Crippen molar-refractivity contribution in [3.05, 3.63) is 92.8 Å². The maximum atomic E-state index is 12.9. The van der Waals surface area contributed by atoms with Crippen LogP contribution in [0, 0.1) is 18.3 Å². The third-order valence-corrected chi connectivity index (χ3v) is 5.09. The van der Waals surface area contributed by atoms with Gasteiger partial charge in [0.25, 0.3) is 5.56 Å². The highest BCUT2D eigenvalue weighted by molar-refractivity contribution is 6.12. The Hall–Kier alpha value is -4.02. The van der Waals surface area contributed by atoms with E-state index in [4.69, 9.17) is 4.74 Å². The first kappa shape index (κ1) is 22.7. The number of benzene rings is 2. The summed E-state index contributed by atoms with van der Waals surface area (Å²) in [6.45, 7) is 2.18. The summed E-state index contributed by atoms with van der Waals surface area (Å²) in [6.07, 6.45) is 1.87. The Morgan fingerprint density at radius 3 is 2.56 bits per heavy atom. The van der Waals surface area contributed by atoms with Gasteiger partial charge in [-0.1, -0.05) is 42.5 Å². The molecule has 0 spiro atoms. The maximum absolute atomic E-state index is 12.9. The molecule has 0 amide bonds. The molecule has 0 bridgehead atoms. The predicted molar refractivity (Wildman–Crippen MR) is 122 cm³/mol. The molecule has 3 rings (SSSR count). The Balaban J connectivity index is 2.06. The molecule has 3 aromatic rings. The number of carbonyl (C=O) groups excluding carboxylic acids is 1. The summed E-state index contributed by atoms with van der Waals surface area (Å²) in [5.41, 5.74) is 1.31. The van der Waals surface area contributed by atoms with Gasteiger partial charge in [0.1, 0.15) is 11.6 Å². The molecule has 0 fully saturated rings. The second-order valence-electron chi connectivity index (χ2n) is 7.12. The average Bonchev–Trinajstić information content (AvgIpc) is 2.82. The van der Waals surface area contributed by atoms with E-state index in [-0.39, 0.29) is 29.3 Å². The molecule has 0 saturated heterocycles. The van der Waals surface area contributed by atoms with Gasteiger partial charge in [0, 0.05) is 37.6 Å². The first-order chi connectivity index (χ1) is 15.5. The fourth-order valence-electron chi connectivity index (χ4n) is 3.36. The number of ether oxygens (including phenoxy) is 1. The van der Waals surface area contributed by atoms with Crippen LogP contribution in [-0.4, -0.2) is 35.4 Å². The second-order valence-corrected chi connectivity index (χ2v) is 7.12. The van der Waals surface area contributed by atoms with E-state index in [9.17, 15) is 20.0 Å². The highest BCUT2D eigenvalue weighted by Gasteiger charge is 2.18. The zero-order chi connectivity index (χ0) is 23.1. The van der Waals surface area contributed by atoms with Crippen LogP contribution in [0.2, 0.25) is 0 Å². The molecule has 0 atom stereocenters. The van der Waals surface area contributed by atoms with Crippen LogP contribution in [0.15, 0.2) is 64.4 Å². The van der Waals surface area contributed by atoms with Crippen LogP contribution in [0.3, 0.4) is 0 Å². The van der Waals surface area contributed by atoms with Gasteiger partial charge in [0.05, 0.1) is 11.3 Å². The van der Waals surface area contributed by atoms with Crippen molar-refractivity contribution in [2.75, 3.05) is 13.7 Å². The molecular weight excluding hydrogens is 406 g/mol. The van der Waals surface area contributed by atoms with Crippen LogP contribution in [-0.2, 0) is 11.3 Å². The summed E-state index contributed by atoms with van der Waals surface area (Å²) in [5.74, 6) is -0.459. The summed E-state index contributed by atoms with van der Waals surface area (Å²) in [5, 5.41) is 20.2. The van der Waals surface area contributed by atoms with Crippen molar-refractivity contribution in [2.24, 2.45) is 4.99 Å². The van der Waals surface area contributed by atoms with E-state index in [1.54, 1.807) is 62.6 Å². The van der Waals surface area contributed by atoms with Gasteiger partial charge in [-0.2, -0.15) is 5.26 Å². The minimum atomic E-state index is -0.560. The molecule has 7 heteroatoms. The monoisotopic (exact) mass is 429 g/mol. The van der Waals surface area contributed by atoms with Crippen molar-refractivity contribution >= 4 is 17.7 Å². The normalized spacial score (nSPS) is 10.9. The van der Waals surface area contributed by atoms with Gasteiger partial charge < -0.3 is 9.84 Å². The molecule has 1 aromatic heterocycles. The molecule has 1 N–H and O–H groups in total. The van der Waals surface area contributed by atoms with E-state index in [0.717, 1.165) is 4.57 Å². The summed E-state index contributed by atoms with van der Waals surface area (Å²) in [4.78, 5) is 30.0. The second kappa shape index (κ2) is 10.3. The van der Waals surface area contributed by atoms with E-state index in [1.807, 2.05) is 12.1 Å². The topological polar surface area (TPSA) is 105 Å². The minimum Gasteiger partial charge on any atom is -0.494 e. The van der Waals surface area contributed by atoms with E-state index in [0.29, 0.717) is 35.4 Å². The van der Waals surface area contributed by atoms with Crippen molar-refractivity contribution < 1.29 is 14.6 Å². The molecule has 162 valence electrons. The third kappa shape index (κ3) is 4.66. The fraction of sp³-hybridized carbons (Fsp3) is 0.200. The van der Waals surface area contributed by atoms with Gasteiger partial charge in [0.15, 0.2) is 5.78 Å². The molecule has 0 radical (unpaired) electrons. The Morgan fingerprint density at radius 2 is 1.88 bits per heavy atom. The van der Waals surface area contributed by atoms with Gasteiger partial charge in [-0.05, 0) is 31.0 Å². The molecule has 7 nitrogen and oxygen atoms in total. The number of carbonyl (C=O) groups is 1. The summed E-state index contributed by atoms with van der Waals surface area (Å²) in [7, 11) is 1.55. The highest BCUT2D eigenvalue weighted by atomic mass is 16.5. The molecule has 0 unspecified atom stereocenters. The SMILES string of the molecule is COCCCn1c(O)c(C=Nc2ccccc2C(=O)c2ccccc2)c(C)c(C#N)c1=O. The van der Waals surface area contributed by atoms with E-state index < -0.39 is 5.56 Å². The zero-order valence-corrected chi connectivity index (χ0v) is 17.9. The predicted octanol–water partition coefficient (Wildman–Crippen LogP) is 3.75. The van der Waals surface area contributed by atoms with Crippen LogP contribution in [0.25, 0.3) is 0 Å². The smallest absolute Gasteiger partial charge is 0.271 e. The van der Waals surface area contributed by atoms with Crippen LogP contribution in [0.1, 0.15) is 39.0 Å². The number of methoxy groups -OCH3 is 1. The van der Waals surface area contributed by atoms with Crippen molar-refractivity contribution in [1.82, 2.24) is 4.57 Å². The molecular formula is C25H23N3O4. The molecule has 0 aliphatic carbocycles. The highest BCUT2D eigenvalue weighted by Crippen LogP contribution is 2.25. The van der Waals surface area contributed by atoms with Gasteiger partial charge in [-0.25, -0.2) is 0 Å². The number of rotatable bonds is 8. The number of para-hydroxylation sites is 1. The Kier molecular flexibility index (Phi) is 7.32. The van der Waals surface area contributed by atoms with Gasteiger partial charge in [-0.15, -0.1) is 0 Å². The lowest BCUT2D eigenvalue weighted by Gasteiger charge is -2.14. The van der Waals surface area contributed by atoms with E-state index in [2.05, 4.69) is 4.99 Å². The Bertz CT molecular complexity index is 1250. The lowest BCUT2D eigenvalue weighted by atomic mass is 10.0. The minimum absolute atomic E-state index is 0.0599. The largest absolute Gasteiger partial charge is 0.494 e. The van der Waals surface area contributed by atoms with Crippen LogP contribution < -0.4 is 5.56 Å². The van der Waals surface area contributed by atoms with Crippen molar-refractivity contribution in [1.29, 1.82) is 5.26 Å². The number of nitrogens with zero attached hydrogens (tertiary/aromatic N) is 3. The quantitative estimate of drug-likeness (QED) is 0.334. The lowest BCUT2D eigenvalue weighted by Crippen LogP contribution is -2.26. The van der Waals surface area contributed by atoms with Crippen LogP contribution in [0.5, 0.6) is 5.88 Å². The first-order valence-corrected chi connectivity index (χ1v) is 10.1. The number of aliphatic imine (C=N–C) groups is 1. The van der Waals surface area contributed by atoms with E-state index >= 15 is 0 Å². The summed E-state index contributed by atoms with van der Waals surface area (Å²) in [6, 6.07) is 17.7. The Labute approximate surface area is 185 Å². The summed E-state index contributed by atoms with van der Waals surface area (Å²) >= 11 is 0. The van der Waals surface area contributed by atoms with Gasteiger partial charge >= 0.3 is 0 Å². The number of nitriles is 1. The third-order valence-electron chi connectivity index (χ3n) is 5.09. The number of hydrogen-bond donors (Lipinski definition) is 1. The molecule has 0 saturated carbocycles. The molecule has 0 aliphatic heterocycles. The average molecular weight is 429 g/mol. The number of pyridine rings is 1. The van der Waals surface area contributed by atoms with Crippen LogP contribution in [0.4, 0.5) is 5.69 Å². The molecule has 0 aliphatic rings. The standard InChI is InChI=1S/C25H23N3O4/c1-17-20(15-26)24(30)28(13-8-14-32-2)25(31)21(17)16-27-22-12-7-6-11-19(22)23(29)18-9-4-3-5-10-18/h3-7,9-12,16,31H,8,13-14H2,1-2H3. The number of ketones is 1. The summed E-state index contributed by atoms with van der Waals surface area (Å²) < 4.78 is 6.16. The van der Waals surface area contributed by atoms with Gasteiger partial charge in [-0.3, -0.25) is 19.1 Å². The molecule has 1 heterocycles. The van der Waals surface area contributed by atoms with Crippen molar-refractivity contribution in [3.63, 3.8) is 0 Å². The first-order valence-electron chi connectivity index (χ1n) is 10.1. The zero-order valence-electron chi connectivity index (χ0n) is 17.9. The van der Waals surface area contributed by atoms with Crippen LogP contribution >= 0.6 is 0 Å². The van der Waals surface area contributed by atoms with E-state index in [1.165, 1.54) is 6.21 Å².